The van der Waals surface area contributed by atoms with Crippen LogP contribution in [0.5, 0.6) is 23.0 Å². The van der Waals surface area contributed by atoms with Crippen LogP contribution in [0.1, 0.15) is 45.2 Å². The second-order valence-corrected chi connectivity index (χ2v) is 12.5. The average molecular weight is 636 g/mol. The van der Waals surface area contributed by atoms with Crippen LogP contribution in [-0.4, -0.2) is 58.7 Å². The van der Waals surface area contributed by atoms with Crippen LogP contribution in [0.3, 0.4) is 0 Å². The summed E-state index contributed by atoms with van der Waals surface area (Å²) in [5.41, 5.74) is 3.04. The van der Waals surface area contributed by atoms with Gasteiger partial charge in [0, 0.05) is 43.0 Å². The number of piperidine rings is 1. The molecule has 1 aliphatic heterocycles. The number of rotatable bonds is 9. The number of pyridine rings is 1. The number of nitrogens with zero attached hydrogens (tertiary/aromatic N) is 4. The smallest absolute Gasteiger partial charge is 0.410 e. The number of amides is 1. The van der Waals surface area contributed by atoms with Crippen molar-refractivity contribution in [1.29, 1.82) is 0 Å². The Balaban J connectivity index is 1.36. The van der Waals surface area contributed by atoms with Crippen LogP contribution in [0.15, 0.2) is 85.1 Å². The van der Waals surface area contributed by atoms with Gasteiger partial charge in [-0.3, -0.25) is 4.68 Å². The number of fused-ring (bicyclic) bond motifs is 1. The molecular weight excluding hydrogens is 594 g/mol. The lowest BCUT2D eigenvalue weighted by Gasteiger charge is -2.34. The maximum absolute atomic E-state index is 13.0. The predicted molar refractivity (Wildman–Crippen MR) is 182 cm³/mol. The highest BCUT2D eigenvalue weighted by atomic mass is 16.6. The molecule has 0 spiro atoms. The number of likely N-dealkylation sites (tertiary alicyclic amines) is 1. The van der Waals surface area contributed by atoms with Gasteiger partial charge in [-0.25, -0.2) is 9.78 Å². The molecule has 244 valence electrons. The maximum Gasteiger partial charge on any atom is 0.410 e. The molecule has 10 heteroatoms. The van der Waals surface area contributed by atoms with Crippen molar-refractivity contribution in [1.82, 2.24) is 19.7 Å². The van der Waals surface area contributed by atoms with Gasteiger partial charge < -0.3 is 29.2 Å². The summed E-state index contributed by atoms with van der Waals surface area (Å²) in [4.78, 5) is 19.6. The monoisotopic (exact) mass is 635 g/mol. The molecule has 47 heavy (non-hydrogen) atoms. The van der Waals surface area contributed by atoms with Gasteiger partial charge in [0.1, 0.15) is 40.1 Å². The van der Waals surface area contributed by atoms with Gasteiger partial charge >= 0.3 is 6.09 Å². The molecule has 0 radical (unpaired) electrons. The molecule has 0 bridgehead atoms. The molecule has 0 saturated carbocycles. The van der Waals surface area contributed by atoms with Crippen molar-refractivity contribution in [2.24, 2.45) is 0 Å². The first-order valence-corrected chi connectivity index (χ1v) is 15.9. The van der Waals surface area contributed by atoms with Crippen LogP contribution >= 0.6 is 0 Å². The molecule has 5 aromatic rings. The SMILES string of the molecule is COc1ccc(CNc2nccc3c2c(-c2ccc(Oc4ccccc4)cc2)nn3[C@@H]2CCCN(C(=O)OC(C)(C)C)C2)c(OC)c1. The summed E-state index contributed by atoms with van der Waals surface area (Å²) in [5, 5.41) is 9.65. The highest BCUT2D eigenvalue weighted by Crippen LogP contribution is 2.37. The van der Waals surface area contributed by atoms with E-state index in [0.717, 1.165) is 63.6 Å². The number of hydrogen-bond donors (Lipinski definition) is 1. The number of carbonyl (C=O) groups is 1. The van der Waals surface area contributed by atoms with Gasteiger partial charge in [-0.1, -0.05) is 18.2 Å². The minimum Gasteiger partial charge on any atom is -0.497 e. The van der Waals surface area contributed by atoms with Gasteiger partial charge in [0.2, 0.25) is 0 Å². The van der Waals surface area contributed by atoms with E-state index in [4.69, 9.17) is 29.0 Å². The van der Waals surface area contributed by atoms with Crippen molar-refractivity contribution >= 4 is 22.8 Å². The Bertz CT molecular complexity index is 1830. The Kier molecular flexibility index (Phi) is 9.19. The van der Waals surface area contributed by atoms with Crippen molar-refractivity contribution < 1.29 is 23.7 Å². The van der Waals surface area contributed by atoms with E-state index in [0.29, 0.717) is 25.5 Å². The molecule has 1 fully saturated rings. The zero-order chi connectivity index (χ0) is 33.0. The molecule has 0 unspecified atom stereocenters. The van der Waals surface area contributed by atoms with Crippen molar-refractivity contribution in [3.05, 3.63) is 90.6 Å². The van der Waals surface area contributed by atoms with E-state index in [9.17, 15) is 4.79 Å². The first kappa shape index (κ1) is 31.7. The second-order valence-electron chi connectivity index (χ2n) is 12.5. The third-order valence-corrected chi connectivity index (χ3v) is 8.06. The maximum atomic E-state index is 13.0. The van der Waals surface area contributed by atoms with Gasteiger partial charge in [0.25, 0.3) is 0 Å². The molecule has 0 aliphatic carbocycles. The van der Waals surface area contributed by atoms with E-state index >= 15 is 0 Å². The molecule has 10 nitrogen and oxygen atoms in total. The minimum absolute atomic E-state index is 0.0369. The van der Waals surface area contributed by atoms with E-state index in [1.54, 1.807) is 25.3 Å². The van der Waals surface area contributed by atoms with Crippen LogP contribution in [0.25, 0.3) is 22.2 Å². The number of hydrogen-bond acceptors (Lipinski definition) is 8. The first-order chi connectivity index (χ1) is 22.7. The summed E-state index contributed by atoms with van der Waals surface area (Å²) < 4.78 is 24.8. The number of ether oxygens (including phenoxy) is 4. The molecule has 1 N–H and O–H groups in total. The summed E-state index contributed by atoms with van der Waals surface area (Å²) in [7, 11) is 3.28. The van der Waals surface area contributed by atoms with Gasteiger partial charge in [-0.2, -0.15) is 5.10 Å². The van der Waals surface area contributed by atoms with Crippen LogP contribution in [0, 0.1) is 0 Å². The molecule has 3 aromatic carbocycles. The van der Waals surface area contributed by atoms with Gasteiger partial charge in [0.05, 0.1) is 31.2 Å². The molecule has 6 rings (SSSR count). The fourth-order valence-corrected chi connectivity index (χ4v) is 5.83. The average Bonchev–Trinajstić information content (AvgIpc) is 3.48. The van der Waals surface area contributed by atoms with E-state index in [-0.39, 0.29) is 12.1 Å². The number of anilines is 1. The number of nitrogens with one attached hydrogen (secondary N) is 1. The highest BCUT2D eigenvalue weighted by Gasteiger charge is 2.31. The van der Waals surface area contributed by atoms with Crippen LogP contribution < -0.4 is 19.5 Å². The van der Waals surface area contributed by atoms with Crippen molar-refractivity contribution in [2.45, 2.75) is 51.8 Å². The molecule has 2 aromatic heterocycles. The van der Waals surface area contributed by atoms with Crippen LogP contribution in [0.2, 0.25) is 0 Å². The Hall–Kier alpha value is -5.25. The molecule has 3 heterocycles. The zero-order valence-electron chi connectivity index (χ0n) is 27.5. The lowest BCUT2D eigenvalue weighted by atomic mass is 10.1. The lowest BCUT2D eigenvalue weighted by molar-refractivity contribution is 0.0169. The van der Waals surface area contributed by atoms with Gasteiger partial charge in [0.15, 0.2) is 0 Å². The summed E-state index contributed by atoms with van der Waals surface area (Å²) in [6, 6.07) is 25.3. The van der Waals surface area contributed by atoms with Crippen molar-refractivity contribution in [3.8, 4) is 34.3 Å². The molecular formula is C37H41N5O5. The molecule has 1 atom stereocenters. The largest absolute Gasteiger partial charge is 0.497 e. The predicted octanol–water partition coefficient (Wildman–Crippen LogP) is 8.09. The highest BCUT2D eigenvalue weighted by molar-refractivity contribution is 6.01. The number of benzene rings is 3. The van der Waals surface area contributed by atoms with E-state index < -0.39 is 5.60 Å². The number of methoxy groups -OCH3 is 2. The lowest BCUT2D eigenvalue weighted by Crippen LogP contribution is -2.43. The second kappa shape index (κ2) is 13.6. The summed E-state index contributed by atoms with van der Waals surface area (Å²) in [6.45, 7) is 7.29. The molecule has 1 saturated heterocycles. The summed E-state index contributed by atoms with van der Waals surface area (Å²) in [6.07, 6.45) is 3.22. The van der Waals surface area contributed by atoms with E-state index in [1.165, 1.54) is 0 Å². The van der Waals surface area contributed by atoms with E-state index in [2.05, 4.69) is 10.00 Å². The normalized spacial score (nSPS) is 14.9. The first-order valence-electron chi connectivity index (χ1n) is 15.9. The Morgan fingerprint density at radius 3 is 2.40 bits per heavy atom. The topological polar surface area (TPSA) is 100.0 Å². The van der Waals surface area contributed by atoms with Gasteiger partial charge in [-0.15, -0.1) is 0 Å². The number of para-hydroxylation sites is 1. The Morgan fingerprint density at radius 1 is 0.936 bits per heavy atom. The fourth-order valence-electron chi connectivity index (χ4n) is 5.83. The molecule has 1 amide bonds. The number of carbonyl (C=O) groups excluding carboxylic acids is 1. The Labute approximate surface area is 275 Å². The van der Waals surface area contributed by atoms with Gasteiger partial charge in [-0.05, 0) is 88.2 Å². The van der Waals surface area contributed by atoms with Crippen molar-refractivity contribution in [2.75, 3.05) is 32.6 Å². The van der Waals surface area contributed by atoms with Crippen LogP contribution in [-0.2, 0) is 11.3 Å². The van der Waals surface area contributed by atoms with Crippen molar-refractivity contribution in [3.63, 3.8) is 0 Å². The fraction of sp³-hybridized carbons (Fsp3) is 0.324. The number of aromatic nitrogens is 3. The van der Waals surface area contributed by atoms with Crippen LogP contribution in [0.4, 0.5) is 10.6 Å². The third kappa shape index (κ3) is 7.27. The molecule has 1 aliphatic rings. The zero-order valence-corrected chi connectivity index (χ0v) is 27.5. The standard InChI is InChI=1S/C37H41N5O5/c1-37(2,3)47-36(43)41-21-9-10-27(24-41)42-31-19-20-38-35(39-23-26-15-18-30(44-4)22-32(26)45-5)33(31)34(40-42)25-13-16-29(17-14-25)46-28-11-7-6-8-12-28/h6-8,11-20,22,27H,9-10,21,23-24H2,1-5H3,(H,38,39)/t27-/m1/s1. The summed E-state index contributed by atoms with van der Waals surface area (Å²) in [5.74, 6) is 3.64. The Morgan fingerprint density at radius 2 is 1.68 bits per heavy atom. The van der Waals surface area contributed by atoms with E-state index in [1.807, 2.05) is 99.6 Å². The third-order valence-electron chi connectivity index (χ3n) is 8.06. The summed E-state index contributed by atoms with van der Waals surface area (Å²) >= 11 is 0. The quantitative estimate of drug-likeness (QED) is 0.174. The minimum atomic E-state index is -0.565.